The molecular weight excluding hydrogens is 768 g/mol. The SMILES string of the molecule is CN(NC(=O)c1cc2c(N)nn(C(=O)OC(C)(C)C)c2s1)c1ccc(Cl)cc1.CN(NC(=O)c1cc2c(N)nn(C(=O)OC(C)(C)C)c2s1)c1ccccc1. The summed E-state index contributed by atoms with van der Waals surface area (Å²) in [5, 5.41) is 12.9. The highest BCUT2D eigenvalue weighted by atomic mass is 35.5. The number of carbonyl (C=O) groups excluding carboxylic acids is 4. The summed E-state index contributed by atoms with van der Waals surface area (Å²) in [4.78, 5) is 51.6. The minimum absolute atomic E-state index is 0.155. The first-order valence-corrected chi connectivity index (χ1v) is 18.6. The number of nitrogens with zero attached hydrogens (tertiary/aromatic N) is 6. The normalized spacial score (nSPS) is 11.4. The molecule has 0 saturated heterocycles. The molecule has 0 unspecified atom stereocenters. The number of hydrogen-bond acceptors (Lipinski definition) is 14. The van der Waals surface area contributed by atoms with E-state index in [9.17, 15) is 19.2 Å². The van der Waals surface area contributed by atoms with Crippen LogP contribution in [0, 0.1) is 0 Å². The van der Waals surface area contributed by atoms with Gasteiger partial charge in [-0.15, -0.1) is 32.9 Å². The van der Waals surface area contributed by atoms with E-state index in [1.807, 2.05) is 30.3 Å². The number of para-hydroxylation sites is 1. The molecule has 19 heteroatoms. The molecule has 16 nitrogen and oxygen atoms in total. The molecule has 0 aliphatic rings. The van der Waals surface area contributed by atoms with Crippen molar-refractivity contribution in [3.63, 3.8) is 0 Å². The van der Waals surface area contributed by atoms with Crippen molar-refractivity contribution in [2.45, 2.75) is 52.7 Å². The number of thiophene rings is 2. The number of nitrogens with two attached hydrogens (primary N) is 2. The van der Waals surface area contributed by atoms with Gasteiger partial charge in [0, 0.05) is 19.1 Å². The van der Waals surface area contributed by atoms with Gasteiger partial charge in [-0.1, -0.05) is 29.8 Å². The maximum absolute atomic E-state index is 12.6. The molecule has 290 valence electrons. The van der Waals surface area contributed by atoms with Crippen LogP contribution in [0.4, 0.5) is 32.6 Å². The van der Waals surface area contributed by atoms with E-state index >= 15 is 0 Å². The molecule has 6 rings (SSSR count). The molecule has 4 heterocycles. The number of nitrogens with one attached hydrogen (secondary N) is 2. The zero-order valence-electron chi connectivity index (χ0n) is 31.3. The lowest BCUT2D eigenvalue weighted by Gasteiger charge is -2.20. The molecule has 2 aromatic carbocycles. The van der Waals surface area contributed by atoms with E-state index in [0.717, 1.165) is 43.4 Å². The van der Waals surface area contributed by atoms with Gasteiger partial charge in [0.05, 0.1) is 31.9 Å². The molecule has 0 aliphatic heterocycles. The fraction of sp³-hybridized carbons (Fsp3) is 0.278. The first-order chi connectivity index (χ1) is 25.7. The summed E-state index contributed by atoms with van der Waals surface area (Å²) in [6, 6.07) is 19.7. The van der Waals surface area contributed by atoms with Crippen LogP contribution in [0.1, 0.15) is 60.9 Å². The van der Waals surface area contributed by atoms with Gasteiger partial charge in [-0.3, -0.25) is 30.5 Å². The first-order valence-electron chi connectivity index (χ1n) is 16.6. The lowest BCUT2D eigenvalue weighted by Crippen LogP contribution is -2.38. The van der Waals surface area contributed by atoms with Crippen molar-refractivity contribution in [2.24, 2.45) is 0 Å². The first kappa shape index (κ1) is 40.3. The Hall–Kier alpha value is -5.85. The number of rotatable bonds is 6. The summed E-state index contributed by atoms with van der Waals surface area (Å²) in [6.45, 7) is 10.6. The van der Waals surface area contributed by atoms with Crippen molar-refractivity contribution in [3.8, 4) is 0 Å². The van der Waals surface area contributed by atoms with E-state index in [2.05, 4.69) is 21.0 Å². The van der Waals surface area contributed by atoms with Gasteiger partial charge in [-0.05, 0) is 90.1 Å². The van der Waals surface area contributed by atoms with Crippen molar-refractivity contribution in [1.29, 1.82) is 0 Å². The second kappa shape index (κ2) is 15.9. The Morgan fingerprint density at radius 3 is 1.44 bits per heavy atom. The Morgan fingerprint density at radius 1 is 0.673 bits per heavy atom. The molecular formula is C36H41ClN10O6S2. The highest BCUT2D eigenvalue weighted by Crippen LogP contribution is 2.32. The second-order valence-corrected chi connectivity index (χ2v) is 16.5. The number of hydrazine groups is 2. The maximum atomic E-state index is 12.6. The molecule has 0 fully saturated rings. The second-order valence-electron chi connectivity index (χ2n) is 14.0. The Kier molecular flexibility index (Phi) is 11.6. The van der Waals surface area contributed by atoms with Gasteiger partial charge >= 0.3 is 12.2 Å². The highest BCUT2D eigenvalue weighted by molar-refractivity contribution is 7.21. The van der Waals surface area contributed by atoms with E-state index < -0.39 is 23.4 Å². The fourth-order valence-corrected chi connectivity index (χ4v) is 6.92. The van der Waals surface area contributed by atoms with Gasteiger partial charge < -0.3 is 20.9 Å². The zero-order chi connectivity index (χ0) is 40.4. The molecule has 0 saturated carbocycles. The summed E-state index contributed by atoms with van der Waals surface area (Å²) < 4.78 is 12.9. The van der Waals surface area contributed by atoms with Crippen LogP contribution in [0.2, 0.25) is 5.02 Å². The summed E-state index contributed by atoms with van der Waals surface area (Å²) in [5.41, 5.74) is 17.6. The number of aromatic nitrogens is 4. The van der Waals surface area contributed by atoms with E-state index in [0.29, 0.717) is 35.2 Å². The number of benzene rings is 2. The number of anilines is 4. The van der Waals surface area contributed by atoms with E-state index in [1.54, 1.807) is 102 Å². The summed E-state index contributed by atoms with van der Waals surface area (Å²) in [5.74, 6) is -0.323. The van der Waals surface area contributed by atoms with Gasteiger partial charge in [0.2, 0.25) is 0 Å². The highest BCUT2D eigenvalue weighted by Gasteiger charge is 2.26. The van der Waals surface area contributed by atoms with Crippen molar-refractivity contribution in [3.05, 3.63) is 81.5 Å². The van der Waals surface area contributed by atoms with Gasteiger partial charge in [0.25, 0.3) is 11.8 Å². The topological polar surface area (TPSA) is 205 Å². The molecule has 0 aliphatic carbocycles. The molecule has 6 N–H and O–H groups in total. The van der Waals surface area contributed by atoms with Crippen LogP contribution in [-0.2, 0) is 9.47 Å². The number of halogens is 1. The molecule has 0 bridgehead atoms. The summed E-state index contributed by atoms with van der Waals surface area (Å²) in [6.07, 6.45) is -1.29. The smallest absolute Gasteiger partial charge is 0.436 e. The van der Waals surface area contributed by atoms with Crippen molar-refractivity contribution < 1.29 is 28.7 Å². The predicted octanol–water partition coefficient (Wildman–Crippen LogP) is 7.14. The third kappa shape index (κ3) is 9.83. The zero-order valence-corrected chi connectivity index (χ0v) is 33.7. The van der Waals surface area contributed by atoms with Gasteiger partial charge in [0.15, 0.2) is 11.6 Å². The number of amides is 2. The van der Waals surface area contributed by atoms with Crippen LogP contribution in [0.5, 0.6) is 0 Å². The molecule has 4 aromatic heterocycles. The number of carbonyl (C=O) groups is 4. The number of nitrogen functional groups attached to an aromatic ring is 2. The van der Waals surface area contributed by atoms with Crippen LogP contribution in [0.25, 0.3) is 20.4 Å². The average molecular weight is 809 g/mol. The van der Waals surface area contributed by atoms with E-state index in [-0.39, 0.29) is 23.5 Å². The Bertz CT molecular complexity index is 2360. The van der Waals surface area contributed by atoms with Crippen LogP contribution in [0.15, 0.2) is 66.7 Å². The van der Waals surface area contributed by atoms with Crippen LogP contribution < -0.4 is 32.3 Å². The lowest BCUT2D eigenvalue weighted by molar-refractivity contribution is 0.0513. The van der Waals surface area contributed by atoms with Gasteiger partial charge in [0.1, 0.15) is 20.9 Å². The molecule has 6 aromatic rings. The van der Waals surface area contributed by atoms with Gasteiger partial charge in [-0.2, -0.15) is 9.36 Å². The van der Waals surface area contributed by atoms with Gasteiger partial charge in [-0.25, -0.2) is 9.59 Å². The monoisotopic (exact) mass is 808 g/mol. The quantitative estimate of drug-likeness (QED) is 0.124. The number of ether oxygens (including phenoxy) is 2. The number of fused-ring (bicyclic) bond motifs is 2. The molecule has 0 atom stereocenters. The molecule has 0 spiro atoms. The minimum atomic E-state index is -0.678. The largest absolute Gasteiger partial charge is 0.442 e. The molecule has 2 amide bonds. The van der Waals surface area contributed by atoms with Crippen LogP contribution in [-0.4, -0.2) is 68.9 Å². The minimum Gasteiger partial charge on any atom is -0.442 e. The summed E-state index contributed by atoms with van der Waals surface area (Å²) >= 11 is 8.12. The van der Waals surface area contributed by atoms with Crippen molar-refractivity contribution in [2.75, 3.05) is 35.6 Å². The van der Waals surface area contributed by atoms with Crippen molar-refractivity contribution in [1.82, 2.24) is 30.4 Å². The fourth-order valence-electron chi connectivity index (χ4n) is 4.80. The lowest BCUT2D eigenvalue weighted by atomic mass is 10.2. The Morgan fingerprint density at radius 2 is 1.05 bits per heavy atom. The van der Waals surface area contributed by atoms with Crippen molar-refractivity contribution >= 4 is 102 Å². The Balaban J connectivity index is 0.000000211. The molecule has 55 heavy (non-hydrogen) atoms. The molecule has 0 radical (unpaired) electrons. The maximum Gasteiger partial charge on any atom is 0.436 e. The summed E-state index contributed by atoms with van der Waals surface area (Å²) in [7, 11) is 3.46. The predicted molar refractivity (Wildman–Crippen MR) is 217 cm³/mol. The third-order valence-corrected chi connectivity index (χ3v) is 9.72. The van der Waals surface area contributed by atoms with E-state index in [1.165, 1.54) is 0 Å². The Labute approximate surface area is 329 Å². The van der Waals surface area contributed by atoms with Crippen LogP contribution >= 0.6 is 34.3 Å². The number of hydrogen-bond donors (Lipinski definition) is 4. The average Bonchev–Trinajstić information content (AvgIpc) is 3.87. The standard InChI is InChI=1S/C18H20ClN5O3S.C18H21N5O3S/c1-18(2,3)27-17(26)24-16-12(14(20)21-24)9-13(28-16)15(25)22-23(4)11-7-5-10(19)6-8-11;1-18(2,3)26-17(25)23-16-12(14(19)20-23)10-13(27-16)15(24)21-22(4)11-8-6-5-7-9-11/h5-9H,1-4H3,(H2,20,21)(H,22,25);5-10H,1-4H3,(H2,19,20)(H,21,24). The van der Waals surface area contributed by atoms with Crippen LogP contribution in [0.3, 0.4) is 0 Å². The third-order valence-electron chi connectivity index (χ3n) is 7.25. The van der Waals surface area contributed by atoms with E-state index in [4.69, 9.17) is 32.5 Å².